The number of nitrogens with one attached hydrogen (secondary N) is 1. The molecule has 1 unspecified atom stereocenters. The first-order valence-corrected chi connectivity index (χ1v) is 9.60. The molecule has 0 saturated carbocycles. The molecule has 0 aliphatic heterocycles. The normalized spacial score (nSPS) is 12.3. The molecule has 0 spiro atoms. The van der Waals surface area contributed by atoms with Crippen LogP contribution in [0.2, 0.25) is 5.02 Å². The highest BCUT2D eigenvalue weighted by atomic mass is 35.5. The van der Waals surface area contributed by atoms with E-state index in [1.54, 1.807) is 24.3 Å². The zero-order chi connectivity index (χ0) is 19.9. The van der Waals surface area contributed by atoms with Crippen molar-refractivity contribution in [1.29, 1.82) is 0 Å². The van der Waals surface area contributed by atoms with Gasteiger partial charge in [-0.2, -0.15) is 0 Å². The standard InChI is InChI=1S/C22H28ClNO3/c1-5-20(27-19-8-6-7-17(23)15-19)21(25)24-13-14-26-18-11-9-16(10-12-18)22(2,3)4/h6-12,15,20H,5,13-14H2,1-4H3,(H,24,25). The number of hydrogen-bond donors (Lipinski definition) is 1. The summed E-state index contributed by atoms with van der Waals surface area (Å²) in [7, 11) is 0. The summed E-state index contributed by atoms with van der Waals surface area (Å²) in [4.78, 5) is 12.3. The van der Waals surface area contributed by atoms with Gasteiger partial charge in [-0.25, -0.2) is 0 Å². The Morgan fingerprint density at radius 1 is 1.11 bits per heavy atom. The number of carbonyl (C=O) groups excluding carboxylic acids is 1. The van der Waals surface area contributed by atoms with Crippen molar-refractivity contribution in [2.24, 2.45) is 0 Å². The largest absolute Gasteiger partial charge is 0.492 e. The van der Waals surface area contributed by atoms with E-state index in [1.807, 2.05) is 19.1 Å². The van der Waals surface area contributed by atoms with Crippen molar-refractivity contribution in [3.05, 3.63) is 59.1 Å². The average molecular weight is 390 g/mol. The first kappa shape index (κ1) is 21.1. The summed E-state index contributed by atoms with van der Waals surface area (Å²) in [6.07, 6.45) is 0.00235. The Morgan fingerprint density at radius 3 is 2.41 bits per heavy atom. The molecule has 146 valence electrons. The van der Waals surface area contributed by atoms with Crippen LogP contribution >= 0.6 is 11.6 Å². The Labute approximate surface area is 166 Å². The molecule has 0 fully saturated rings. The van der Waals surface area contributed by atoms with Gasteiger partial charge in [0.2, 0.25) is 0 Å². The molecule has 2 aromatic carbocycles. The van der Waals surface area contributed by atoms with Gasteiger partial charge in [-0.05, 0) is 47.7 Å². The first-order chi connectivity index (χ1) is 12.8. The van der Waals surface area contributed by atoms with Crippen LogP contribution in [0.15, 0.2) is 48.5 Å². The van der Waals surface area contributed by atoms with E-state index in [-0.39, 0.29) is 11.3 Å². The van der Waals surface area contributed by atoms with Gasteiger partial charge in [-0.1, -0.05) is 57.5 Å². The zero-order valence-electron chi connectivity index (χ0n) is 16.4. The van der Waals surface area contributed by atoms with E-state index >= 15 is 0 Å². The molecule has 4 nitrogen and oxygen atoms in total. The number of rotatable bonds is 8. The van der Waals surface area contributed by atoms with Crippen molar-refractivity contribution < 1.29 is 14.3 Å². The lowest BCUT2D eigenvalue weighted by Crippen LogP contribution is -2.39. The molecule has 1 N–H and O–H groups in total. The van der Waals surface area contributed by atoms with Crippen molar-refractivity contribution in [3.8, 4) is 11.5 Å². The smallest absolute Gasteiger partial charge is 0.261 e. The number of amides is 1. The highest BCUT2D eigenvalue weighted by molar-refractivity contribution is 6.30. The minimum atomic E-state index is -0.561. The van der Waals surface area contributed by atoms with E-state index in [4.69, 9.17) is 21.1 Å². The Bertz CT molecular complexity index is 738. The van der Waals surface area contributed by atoms with Gasteiger partial charge in [0.25, 0.3) is 5.91 Å². The fraction of sp³-hybridized carbons (Fsp3) is 0.409. The van der Waals surface area contributed by atoms with Crippen molar-refractivity contribution in [2.75, 3.05) is 13.2 Å². The van der Waals surface area contributed by atoms with Crippen molar-refractivity contribution in [1.82, 2.24) is 5.32 Å². The Hall–Kier alpha value is -2.20. The molecular weight excluding hydrogens is 362 g/mol. The van der Waals surface area contributed by atoms with Crippen molar-refractivity contribution in [2.45, 2.75) is 45.6 Å². The minimum absolute atomic E-state index is 0.116. The molecule has 0 heterocycles. The average Bonchev–Trinajstić information content (AvgIpc) is 2.63. The predicted molar refractivity (Wildman–Crippen MR) is 110 cm³/mol. The van der Waals surface area contributed by atoms with Gasteiger partial charge in [0.1, 0.15) is 18.1 Å². The third-order valence-corrected chi connectivity index (χ3v) is 4.36. The summed E-state index contributed by atoms with van der Waals surface area (Å²) in [6, 6.07) is 15.1. The van der Waals surface area contributed by atoms with Crippen LogP contribution in [0.4, 0.5) is 0 Å². The van der Waals surface area contributed by atoms with Crippen LogP contribution in [-0.4, -0.2) is 25.2 Å². The van der Waals surface area contributed by atoms with Crippen LogP contribution in [0.3, 0.4) is 0 Å². The van der Waals surface area contributed by atoms with Crippen LogP contribution in [0, 0.1) is 0 Å². The number of ether oxygens (including phenoxy) is 2. The lowest BCUT2D eigenvalue weighted by molar-refractivity contribution is -0.128. The third-order valence-electron chi connectivity index (χ3n) is 4.13. The molecule has 0 bridgehead atoms. The lowest BCUT2D eigenvalue weighted by Gasteiger charge is -2.19. The van der Waals surface area contributed by atoms with E-state index < -0.39 is 6.10 Å². The summed E-state index contributed by atoms with van der Waals surface area (Å²) in [6.45, 7) is 9.24. The van der Waals surface area contributed by atoms with E-state index in [1.165, 1.54) is 5.56 Å². The van der Waals surface area contributed by atoms with Gasteiger partial charge in [0.15, 0.2) is 6.10 Å². The maximum atomic E-state index is 12.3. The number of halogens is 1. The highest BCUT2D eigenvalue weighted by Crippen LogP contribution is 2.24. The fourth-order valence-corrected chi connectivity index (χ4v) is 2.72. The number of benzene rings is 2. The predicted octanol–water partition coefficient (Wildman–Crippen LogP) is 4.99. The van der Waals surface area contributed by atoms with Gasteiger partial charge in [0.05, 0.1) is 6.54 Å². The lowest BCUT2D eigenvalue weighted by atomic mass is 9.87. The molecule has 2 aromatic rings. The second kappa shape index (κ2) is 9.65. The molecule has 5 heteroatoms. The summed E-state index contributed by atoms with van der Waals surface area (Å²) < 4.78 is 11.4. The van der Waals surface area contributed by atoms with Crippen LogP contribution in [0.1, 0.15) is 39.7 Å². The van der Waals surface area contributed by atoms with Crippen LogP contribution in [-0.2, 0) is 10.2 Å². The minimum Gasteiger partial charge on any atom is -0.492 e. The molecule has 1 atom stereocenters. The number of carbonyl (C=O) groups is 1. The molecule has 0 aliphatic carbocycles. The van der Waals surface area contributed by atoms with Gasteiger partial charge in [-0.3, -0.25) is 4.79 Å². The molecule has 27 heavy (non-hydrogen) atoms. The van der Waals surface area contributed by atoms with Crippen molar-refractivity contribution in [3.63, 3.8) is 0 Å². The second-order valence-electron chi connectivity index (χ2n) is 7.39. The summed E-state index contributed by atoms with van der Waals surface area (Å²) >= 11 is 5.95. The van der Waals surface area contributed by atoms with Crippen LogP contribution in [0.5, 0.6) is 11.5 Å². The third kappa shape index (κ3) is 6.79. The zero-order valence-corrected chi connectivity index (χ0v) is 17.2. The van der Waals surface area contributed by atoms with Crippen molar-refractivity contribution >= 4 is 17.5 Å². The van der Waals surface area contributed by atoms with E-state index in [9.17, 15) is 4.79 Å². The summed E-state index contributed by atoms with van der Waals surface area (Å²) in [5.41, 5.74) is 1.37. The molecule has 2 rings (SSSR count). The van der Waals surface area contributed by atoms with Gasteiger partial charge in [-0.15, -0.1) is 0 Å². The summed E-state index contributed by atoms with van der Waals surface area (Å²) in [5, 5.41) is 3.43. The molecule has 0 radical (unpaired) electrons. The topological polar surface area (TPSA) is 47.6 Å². The second-order valence-corrected chi connectivity index (χ2v) is 7.82. The highest BCUT2D eigenvalue weighted by Gasteiger charge is 2.18. The molecule has 0 saturated heterocycles. The monoisotopic (exact) mass is 389 g/mol. The number of hydrogen-bond acceptors (Lipinski definition) is 3. The Kier molecular flexibility index (Phi) is 7.55. The molecule has 1 amide bonds. The quantitative estimate of drug-likeness (QED) is 0.647. The van der Waals surface area contributed by atoms with Crippen LogP contribution < -0.4 is 14.8 Å². The molecular formula is C22H28ClNO3. The van der Waals surface area contributed by atoms with Gasteiger partial charge < -0.3 is 14.8 Å². The van der Waals surface area contributed by atoms with Gasteiger partial charge >= 0.3 is 0 Å². The maximum Gasteiger partial charge on any atom is 0.261 e. The Balaban J connectivity index is 1.77. The van der Waals surface area contributed by atoms with E-state index in [2.05, 4.69) is 38.2 Å². The van der Waals surface area contributed by atoms with E-state index in [0.29, 0.717) is 30.3 Å². The van der Waals surface area contributed by atoms with E-state index in [0.717, 1.165) is 5.75 Å². The fourth-order valence-electron chi connectivity index (χ4n) is 2.53. The first-order valence-electron chi connectivity index (χ1n) is 9.23. The summed E-state index contributed by atoms with van der Waals surface area (Å²) in [5.74, 6) is 1.21. The molecule has 0 aromatic heterocycles. The van der Waals surface area contributed by atoms with Gasteiger partial charge in [0, 0.05) is 5.02 Å². The van der Waals surface area contributed by atoms with Crippen LogP contribution in [0.25, 0.3) is 0 Å². The Morgan fingerprint density at radius 2 is 1.81 bits per heavy atom. The molecule has 0 aliphatic rings. The SMILES string of the molecule is CCC(Oc1cccc(Cl)c1)C(=O)NCCOc1ccc(C(C)(C)C)cc1. The maximum absolute atomic E-state index is 12.3.